The Morgan fingerprint density at radius 3 is 1.48 bits per heavy atom. The number of nitrogens with zero attached hydrogens (tertiary/aromatic N) is 6. The van der Waals surface area contributed by atoms with E-state index in [0.717, 1.165) is 68.7 Å². The summed E-state index contributed by atoms with van der Waals surface area (Å²) in [5, 5.41) is 28.3. The van der Waals surface area contributed by atoms with Gasteiger partial charge in [0, 0.05) is 69.0 Å². The molecule has 4 heterocycles. The van der Waals surface area contributed by atoms with Gasteiger partial charge in [0.15, 0.2) is 17.3 Å². The number of carboxylic acids is 1. The lowest BCUT2D eigenvalue weighted by molar-refractivity contribution is -0.115. The average Bonchev–Trinajstić information content (AvgIpc) is 4.10. The number of piperidine rings is 2. The number of fused-ring (bicyclic) bond motifs is 2. The van der Waals surface area contributed by atoms with Crippen molar-refractivity contribution < 1.29 is 24.3 Å². The molecule has 3 N–H and O–H groups in total. The van der Waals surface area contributed by atoms with Crippen LogP contribution in [-0.4, -0.2) is 81.4 Å². The lowest BCUT2D eigenvalue weighted by atomic mass is 9.86. The molecule has 2 saturated carbocycles. The number of Topliss-reactive ketones (excluding diaryl/α,β-unsaturated/α-hetero) is 3. The molecule has 0 amide bonds. The van der Waals surface area contributed by atoms with Crippen molar-refractivity contribution in [1.29, 1.82) is 10.5 Å². The number of hydrogen-bond acceptors (Lipinski definition) is 11. The molecule has 0 bridgehead atoms. The Balaban J connectivity index is 0.000000189. The molecule has 2 aliphatic heterocycles. The first-order chi connectivity index (χ1) is 24.6. The molecule has 0 radical (unpaired) electrons. The van der Waals surface area contributed by atoms with E-state index in [4.69, 9.17) is 0 Å². The minimum absolute atomic E-state index is 0. The van der Waals surface area contributed by atoms with E-state index in [9.17, 15) is 34.8 Å². The first-order valence-corrected chi connectivity index (χ1v) is 17.8. The van der Waals surface area contributed by atoms with Crippen molar-refractivity contribution in [3.8, 4) is 12.1 Å². The van der Waals surface area contributed by atoms with Crippen molar-refractivity contribution >= 4 is 34.7 Å². The molecular formula is C40H47N7O5. The van der Waals surface area contributed by atoms with E-state index in [2.05, 4.69) is 31.6 Å². The highest BCUT2D eigenvalue weighted by Crippen LogP contribution is 2.55. The number of allylic oxidation sites excluding steroid dienone is 2. The minimum Gasteiger partial charge on any atom is -0.477 e. The summed E-state index contributed by atoms with van der Waals surface area (Å²) in [6.07, 6.45) is 13.3. The SMILES string of the molecule is C.CCC(=O)c1cc2c(cn1)CC(=O)C(C#N)=C2N1CCC2(CC1)CC2.CN.N#CC1=C(N2CCC3(CC2)CC3)c2cc(C(=O)O)ncc2CC1=O. The molecule has 2 spiro atoms. The summed E-state index contributed by atoms with van der Waals surface area (Å²) < 4.78 is 0. The van der Waals surface area contributed by atoms with Gasteiger partial charge < -0.3 is 20.6 Å². The summed E-state index contributed by atoms with van der Waals surface area (Å²) in [5.41, 5.74) is 10.6. The van der Waals surface area contributed by atoms with Crippen LogP contribution in [0.3, 0.4) is 0 Å². The fourth-order valence-electron chi connectivity index (χ4n) is 7.85. The number of nitrogens with two attached hydrogens (primary N) is 1. The zero-order valence-corrected chi connectivity index (χ0v) is 29.3. The number of pyridine rings is 2. The average molecular weight is 706 g/mol. The zero-order valence-electron chi connectivity index (χ0n) is 29.3. The van der Waals surface area contributed by atoms with Crippen LogP contribution in [0.5, 0.6) is 0 Å². The van der Waals surface area contributed by atoms with E-state index in [1.54, 1.807) is 12.3 Å². The summed E-state index contributed by atoms with van der Waals surface area (Å²) in [6, 6.07) is 7.45. The van der Waals surface area contributed by atoms with E-state index in [-0.39, 0.29) is 54.5 Å². The van der Waals surface area contributed by atoms with Crippen molar-refractivity contribution in [1.82, 2.24) is 19.8 Å². The maximum absolute atomic E-state index is 12.5. The topological polar surface area (TPSA) is 194 Å². The predicted octanol–water partition coefficient (Wildman–Crippen LogP) is 5.14. The third-order valence-electron chi connectivity index (χ3n) is 11.5. The summed E-state index contributed by atoms with van der Waals surface area (Å²) in [4.78, 5) is 60.5. The van der Waals surface area contributed by atoms with Crippen LogP contribution in [0, 0.1) is 33.5 Å². The van der Waals surface area contributed by atoms with Gasteiger partial charge in [-0.2, -0.15) is 10.5 Å². The number of hydrogen-bond donors (Lipinski definition) is 2. The lowest BCUT2D eigenvalue weighted by Crippen LogP contribution is -2.36. The molecule has 2 aromatic heterocycles. The van der Waals surface area contributed by atoms with Crippen molar-refractivity contribution in [2.24, 2.45) is 16.6 Å². The molecular weight excluding hydrogens is 658 g/mol. The van der Waals surface area contributed by atoms with Crippen molar-refractivity contribution in [3.63, 3.8) is 0 Å². The summed E-state index contributed by atoms with van der Waals surface area (Å²) in [6.45, 7) is 5.15. The van der Waals surface area contributed by atoms with Crippen molar-refractivity contribution in [2.75, 3.05) is 33.2 Å². The molecule has 2 aromatic rings. The number of carboxylic acid groups (broad SMARTS) is 1. The molecule has 272 valence electrons. The number of carbonyl (C=O) groups excluding carboxylic acids is 3. The Bertz CT molecular complexity index is 1940. The van der Waals surface area contributed by atoms with Gasteiger partial charge >= 0.3 is 5.97 Å². The Morgan fingerprint density at radius 1 is 0.750 bits per heavy atom. The summed E-state index contributed by atoms with van der Waals surface area (Å²) in [7, 11) is 1.50. The van der Waals surface area contributed by atoms with Gasteiger partial charge in [-0.25, -0.2) is 9.78 Å². The van der Waals surface area contributed by atoms with Crippen LogP contribution >= 0.6 is 0 Å². The standard InChI is InChI=1S/C20H21N3O2.C18H17N3O3.CH5N.CH4/c1-2-17(24)16-10-14-13(12-22-16)9-18(25)15(11-21)19(14)23-7-5-20(3-4-20)6-8-23;19-9-13-15(22)7-11-10-20-14(17(23)24)8-12(11)16(13)21-5-3-18(1-2-18)4-6-21;1-2;/h10,12H,2-9H2,1H3;8,10H,1-7H2,(H,23,24);2H2,1H3;1H4. The second kappa shape index (κ2) is 15.2. The molecule has 2 saturated heterocycles. The third-order valence-corrected chi connectivity index (χ3v) is 11.5. The first kappa shape index (κ1) is 38.0. The Labute approximate surface area is 305 Å². The highest BCUT2D eigenvalue weighted by Gasteiger charge is 2.46. The monoisotopic (exact) mass is 705 g/mol. The van der Waals surface area contributed by atoms with Gasteiger partial charge in [-0.05, 0) is 92.5 Å². The van der Waals surface area contributed by atoms with Gasteiger partial charge in [-0.15, -0.1) is 0 Å². The maximum Gasteiger partial charge on any atom is 0.354 e. The molecule has 12 heteroatoms. The minimum atomic E-state index is -1.11. The summed E-state index contributed by atoms with van der Waals surface area (Å²) in [5.74, 6) is -1.49. The maximum atomic E-state index is 12.5. The highest BCUT2D eigenvalue weighted by molar-refractivity contribution is 6.11. The van der Waals surface area contributed by atoms with E-state index in [1.165, 1.54) is 45.0 Å². The zero-order chi connectivity index (χ0) is 36.5. The number of aromatic nitrogens is 2. The molecule has 12 nitrogen and oxygen atoms in total. The lowest BCUT2D eigenvalue weighted by Gasteiger charge is -2.37. The fraction of sp³-hybridized carbons (Fsp3) is 0.500. The quantitative estimate of drug-likeness (QED) is 0.390. The normalized spacial score (nSPS) is 20.2. The smallest absolute Gasteiger partial charge is 0.354 e. The van der Waals surface area contributed by atoms with Gasteiger partial charge in [0.25, 0.3) is 0 Å². The number of likely N-dealkylation sites (tertiary alicyclic amines) is 2. The van der Waals surface area contributed by atoms with Gasteiger partial charge in [-0.3, -0.25) is 19.4 Å². The van der Waals surface area contributed by atoms with Gasteiger partial charge in [-0.1, -0.05) is 14.4 Å². The van der Waals surface area contributed by atoms with Crippen LogP contribution in [0.15, 0.2) is 35.7 Å². The van der Waals surface area contributed by atoms with Crippen LogP contribution in [0.4, 0.5) is 0 Å². The number of ketones is 3. The van der Waals surface area contributed by atoms with Gasteiger partial charge in [0.05, 0.1) is 11.4 Å². The van der Waals surface area contributed by atoms with E-state index >= 15 is 0 Å². The van der Waals surface area contributed by atoms with Crippen LogP contribution < -0.4 is 5.73 Å². The Hall–Kier alpha value is -5.20. The van der Waals surface area contributed by atoms with E-state index in [0.29, 0.717) is 39.8 Å². The van der Waals surface area contributed by atoms with Crippen LogP contribution in [0.1, 0.15) is 115 Å². The van der Waals surface area contributed by atoms with Crippen LogP contribution in [0.25, 0.3) is 11.4 Å². The highest BCUT2D eigenvalue weighted by atomic mass is 16.4. The van der Waals surface area contributed by atoms with Crippen LogP contribution in [-0.2, 0) is 22.4 Å². The number of aromatic carboxylic acids is 1. The molecule has 4 fully saturated rings. The van der Waals surface area contributed by atoms with Gasteiger partial charge in [0.1, 0.15) is 34.7 Å². The third kappa shape index (κ3) is 7.26. The van der Waals surface area contributed by atoms with E-state index in [1.807, 2.05) is 13.0 Å². The van der Waals surface area contributed by atoms with E-state index < -0.39 is 5.97 Å². The van der Waals surface area contributed by atoms with Crippen molar-refractivity contribution in [2.45, 2.75) is 85.0 Å². The Morgan fingerprint density at radius 2 is 1.13 bits per heavy atom. The number of carbonyl (C=O) groups is 4. The summed E-state index contributed by atoms with van der Waals surface area (Å²) >= 11 is 0. The number of rotatable bonds is 5. The molecule has 0 aromatic carbocycles. The van der Waals surface area contributed by atoms with Gasteiger partial charge in [0.2, 0.25) is 0 Å². The second-order valence-electron chi connectivity index (χ2n) is 14.4. The Kier molecular flexibility index (Phi) is 11.1. The first-order valence-electron chi connectivity index (χ1n) is 17.8. The predicted molar refractivity (Wildman–Crippen MR) is 194 cm³/mol. The largest absolute Gasteiger partial charge is 0.477 e. The molecule has 0 unspecified atom stereocenters. The molecule has 4 aliphatic carbocycles. The fourth-order valence-corrected chi connectivity index (χ4v) is 7.85. The molecule has 6 aliphatic rings. The molecule has 8 rings (SSSR count). The molecule has 52 heavy (non-hydrogen) atoms. The van der Waals surface area contributed by atoms with Crippen molar-refractivity contribution in [3.05, 3.63) is 69.3 Å². The second-order valence-corrected chi connectivity index (χ2v) is 14.4. The molecule has 0 atom stereocenters. The number of nitriles is 2. The van der Waals surface area contributed by atoms with Crippen LogP contribution in [0.2, 0.25) is 0 Å².